The van der Waals surface area contributed by atoms with Gasteiger partial charge in [0.15, 0.2) is 5.13 Å². The van der Waals surface area contributed by atoms with Crippen molar-refractivity contribution in [2.24, 2.45) is 10.9 Å². The molecule has 0 saturated carbocycles. The van der Waals surface area contributed by atoms with Crippen LogP contribution >= 0.6 is 11.3 Å². The van der Waals surface area contributed by atoms with Crippen LogP contribution in [0, 0.1) is 5.92 Å². The lowest BCUT2D eigenvalue weighted by molar-refractivity contribution is -0.117. The Kier molecular flexibility index (Phi) is 6.85. The van der Waals surface area contributed by atoms with Gasteiger partial charge in [-0.15, -0.1) is 11.3 Å². The van der Waals surface area contributed by atoms with E-state index in [1.54, 1.807) is 29.6 Å². The summed E-state index contributed by atoms with van der Waals surface area (Å²) in [6.45, 7) is 2.50. The molecule has 2 heterocycles. The van der Waals surface area contributed by atoms with Crippen molar-refractivity contribution < 1.29 is 19.1 Å². The van der Waals surface area contributed by atoms with Crippen LogP contribution in [0.4, 0.5) is 10.8 Å². The summed E-state index contributed by atoms with van der Waals surface area (Å²) in [6, 6.07) is 7.18. The van der Waals surface area contributed by atoms with Crippen LogP contribution in [0.2, 0.25) is 0 Å². The SMILES string of the molecule is CCOc1ccc(NC(=O)CCc2csc(NC(=O)C3C=CC(=O)N=C3)n2)cc1. The van der Waals surface area contributed by atoms with Gasteiger partial charge in [-0.3, -0.25) is 14.4 Å². The van der Waals surface area contributed by atoms with Crippen LogP contribution in [0.5, 0.6) is 5.75 Å². The molecule has 0 spiro atoms. The summed E-state index contributed by atoms with van der Waals surface area (Å²) >= 11 is 1.28. The Morgan fingerprint density at radius 3 is 2.69 bits per heavy atom. The molecule has 1 atom stereocenters. The second-order valence-electron chi connectivity index (χ2n) is 6.14. The van der Waals surface area contributed by atoms with Gasteiger partial charge in [0.25, 0.3) is 5.91 Å². The molecule has 0 bridgehead atoms. The number of hydrogen-bond donors (Lipinski definition) is 2. The first-order valence-electron chi connectivity index (χ1n) is 9.08. The number of dihydropyridines is 1. The highest BCUT2D eigenvalue weighted by molar-refractivity contribution is 7.13. The molecule has 150 valence electrons. The van der Waals surface area contributed by atoms with E-state index in [1.165, 1.54) is 29.7 Å². The molecular weight excluding hydrogens is 392 g/mol. The predicted molar refractivity (Wildman–Crippen MR) is 111 cm³/mol. The quantitative estimate of drug-likeness (QED) is 0.693. The Balaban J connectivity index is 1.45. The summed E-state index contributed by atoms with van der Waals surface area (Å²) in [4.78, 5) is 43.2. The van der Waals surface area contributed by atoms with Crippen molar-refractivity contribution in [1.82, 2.24) is 4.98 Å². The summed E-state index contributed by atoms with van der Waals surface area (Å²) in [7, 11) is 0. The van der Waals surface area contributed by atoms with Crippen LogP contribution in [-0.4, -0.2) is 35.5 Å². The number of rotatable bonds is 8. The largest absolute Gasteiger partial charge is 0.494 e. The maximum absolute atomic E-state index is 12.1. The van der Waals surface area contributed by atoms with Crippen molar-refractivity contribution >= 4 is 46.1 Å². The Hall–Kier alpha value is -3.33. The zero-order valence-corrected chi connectivity index (χ0v) is 16.6. The summed E-state index contributed by atoms with van der Waals surface area (Å²) in [6.07, 6.45) is 4.78. The molecule has 0 radical (unpaired) electrons. The van der Waals surface area contributed by atoms with Gasteiger partial charge in [-0.05, 0) is 37.6 Å². The number of hydrogen-bond acceptors (Lipinski definition) is 6. The first kappa shape index (κ1) is 20.4. The molecule has 0 saturated heterocycles. The van der Waals surface area contributed by atoms with Crippen molar-refractivity contribution in [3.05, 3.63) is 47.5 Å². The number of aromatic nitrogens is 1. The third kappa shape index (κ3) is 6.08. The molecule has 3 amide bonds. The molecule has 1 aliphatic heterocycles. The lowest BCUT2D eigenvalue weighted by atomic mass is 10.1. The first-order chi connectivity index (χ1) is 14.0. The van der Waals surface area contributed by atoms with Gasteiger partial charge in [-0.1, -0.05) is 6.08 Å². The lowest BCUT2D eigenvalue weighted by Crippen LogP contribution is -2.24. The number of nitrogens with one attached hydrogen (secondary N) is 2. The van der Waals surface area contributed by atoms with Gasteiger partial charge in [0.1, 0.15) is 5.75 Å². The molecule has 1 aromatic carbocycles. The zero-order valence-electron chi connectivity index (χ0n) is 15.8. The van der Waals surface area contributed by atoms with Crippen LogP contribution < -0.4 is 15.4 Å². The average Bonchev–Trinajstić information content (AvgIpc) is 3.16. The Morgan fingerprint density at radius 2 is 2.00 bits per heavy atom. The minimum absolute atomic E-state index is 0.124. The number of carbonyl (C=O) groups is 3. The maximum atomic E-state index is 12.1. The monoisotopic (exact) mass is 412 g/mol. The summed E-state index contributed by atoms with van der Waals surface area (Å²) in [5.74, 6) is -0.661. The number of amides is 3. The van der Waals surface area contributed by atoms with E-state index in [9.17, 15) is 14.4 Å². The van der Waals surface area contributed by atoms with Gasteiger partial charge in [-0.25, -0.2) is 9.98 Å². The predicted octanol–water partition coefficient (Wildman–Crippen LogP) is 2.84. The topological polar surface area (TPSA) is 110 Å². The van der Waals surface area contributed by atoms with Crippen molar-refractivity contribution in [2.45, 2.75) is 19.8 Å². The molecule has 29 heavy (non-hydrogen) atoms. The highest BCUT2D eigenvalue weighted by atomic mass is 32.1. The van der Waals surface area contributed by atoms with E-state index in [1.807, 2.05) is 6.92 Å². The van der Waals surface area contributed by atoms with Gasteiger partial charge in [0, 0.05) is 29.8 Å². The van der Waals surface area contributed by atoms with Crippen LogP contribution in [0.25, 0.3) is 0 Å². The van der Waals surface area contributed by atoms with E-state index in [4.69, 9.17) is 4.74 Å². The van der Waals surface area contributed by atoms with E-state index in [0.717, 1.165) is 11.4 Å². The first-order valence-corrected chi connectivity index (χ1v) is 9.96. The number of thiazole rings is 1. The molecule has 1 aliphatic rings. The van der Waals surface area contributed by atoms with Gasteiger partial charge >= 0.3 is 0 Å². The summed E-state index contributed by atoms with van der Waals surface area (Å²) in [5, 5.41) is 7.76. The number of ether oxygens (including phenoxy) is 1. The fourth-order valence-corrected chi connectivity index (χ4v) is 3.27. The Bertz CT molecular complexity index is 934. The maximum Gasteiger partial charge on any atom is 0.269 e. The van der Waals surface area contributed by atoms with Gasteiger partial charge in [0.2, 0.25) is 11.8 Å². The fraction of sp³-hybridized carbons (Fsp3) is 0.250. The molecule has 9 heteroatoms. The van der Waals surface area contributed by atoms with Crippen molar-refractivity contribution in [3.63, 3.8) is 0 Å². The molecule has 8 nitrogen and oxygen atoms in total. The number of nitrogens with zero attached hydrogens (tertiary/aromatic N) is 2. The average molecular weight is 412 g/mol. The van der Waals surface area contributed by atoms with Gasteiger partial charge in [-0.2, -0.15) is 0 Å². The van der Waals surface area contributed by atoms with E-state index < -0.39 is 5.92 Å². The van der Waals surface area contributed by atoms with E-state index in [2.05, 4.69) is 20.6 Å². The summed E-state index contributed by atoms with van der Waals surface area (Å²) in [5.41, 5.74) is 1.42. The van der Waals surface area contributed by atoms with Crippen molar-refractivity contribution in [1.29, 1.82) is 0 Å². The fourth-order valence-electron chi connectivity index (χ4n) is 2.52. The molecule has 0 fully saturated rings. The normalized spacial score (nSPS) is 15.2. The molecule has 1 unspecified atom stereocenters. The third-order valence-electron chi connectivity index (χ3n) is 3.95. The highest BCUT2D eigenvalue weighted by Gasteiger charge is 2.18. The van der Waals surface area contributed by atoms with E-state index in [0.29, 0.717) is 23.8 Å². The van der Waals surface area contributed by atoms with E-state index >= 15 is 0 Å². The highest BCUT2D eigenvalue weighted by Crippen LogP contribution is 2.19. The van der Waals surface area contributed by atoms with Gasteiger partial charge < -0.3 is 15.4 Å². The van der Waals surface area contributed by atoms with Crippen LogP contribution in [0.3, 0.4) is 0 Å². The minimum atomic E-state index is -0.597. The second kappa shape index (κ2) is 9.74. The Labute approximate surface area is 171 Å². The van der Waals surface area contributed by atoms with Crippen LogP contribution in [0.15, 0.2) is 46.8 Å². The number of benzene rings is 1. The molecule has 0 aliphatic carbocycles. The smallest absolute Gasteiger partial charge is 0.269 e. The number of carbonyl (C=O) groups excluding carboxylic acids is 3. The minimum Gasteiger partial charge on any atom is -0.494 e. The van der Waals surface area contributed by atoms with Crippen LogP contribution in [0.1, 0.15) is 19.0 Å². The molecule has 2 N–H and O–H groups in total. The lowest BCUT2D eigenvalue weighted by Gasteiger charge is -2.08. The number of anilines is 2. The molecule has 3 rings (SSSR count). The molecule has 1 aromatic heterocycles. The van der Waals surface area contributed by atoms with Crippen molar-refractivity contribution in [2.75, 3.05) is 17.2 Å². The van der Waals surface area contributed by atoms with Crippen LogP contribution in [-0.2, 0) is 20.8 Å². The molecular formula is C20H20N4O4S. The second-order valence-corrected chi connectivity index (χ2v) is 7.00. The number of aliphatic imine (C=N–C) groups is 1. The zero-order chi connectivity index (χ0) is 20.6. The van der Waals surface area contributed by atoms with Gasteiger partial charge in [0.05, 0.1) is 18.2 Å². The molecule has 2 aromatic rings. The van der Waals surface area contributed by atoms with Crippen molar-refractivity contribution in [3.8, 4) is 5.75 Å². The van der Waals surface area contributed by atoms with E-state index in [-0.39, 0.29) is 24.1 Å². The third-order valence-corrected chi connectivity index (χ3v) is 4.76. The number of aryl methyl sites for hydroxylation is 1. The standard InChI is InChI=1S/C20H20N4O4S/c1-2-28-16-7-4-14(5-8-16)22-18(26)10-6-15-12-29-20(23-15)24-19(27)13-3-9-17(25)21-11-13/h3-5,7-9,11-13H,2,6,10H2,1H3,(H,22,26)(H,23,24,27). The summed E-state index contributed by atoms with van der Waals surface area (Å²) < 4.78 is 5.37. The Morgan fingerprint density at radius 1 is 1.21 bits per heavy atom.